The average Bonchev–Trinajstić information content (AvgIpc) is 2.87. The van der Waals surface area contributed by atoms with Gasteiger partial charge in [0.1, 0.15) is 0 Å². The first-order chi connectivity index (χ1) is 11.3. The van der Waals surface area contributed by atoms with Crippen molar-refractivity contribution in [3.05, 3.63) is 11.6 Å². The van der Waals surface area contributed by atoms with E-state index in [-0.39, 0.29) is 22.7 Å². The minimum atomic E-state index is -0.451. The highest BCUT2D eigenvalue weighted by Crippen LogP contribution is 2.66. The van der Waals surface area contributed by atoms with Crippen LogP contribution in [0.1, 0.15) is 65.7 Å². The molecule has 0 radical (unpaired) electrons. The van der Waals surface area contributed by atoms with E-state index in [2.05, 4.69) is 13.8 Å². The summed E-state index contributed by atoms with van der Waals surface area (Å²) in [6.07, 6.45) is 8.10. The topological polar surface area (TPSA) is 57.5 Å². The summed E-state index contributed by atoms with van der Waals surface area (Å²) in [5.74, 6) is 2.33. The van der Waals surface area contributed by atoms with Crippen LogP contribution in [-0.4, -0.2) is 28.2 Å². The lowest BCUT2D eigenvalue weighted by molar-refractivity contribution is -0.120. The molecule has 24 heavy (non-hydrogen) atoms. The Morgan fingerprint density at radius 2 is 1.92 bits per heavy atom. The zero-order valence-corrected chi connectivity index (χ0v) is 15.3. The van der Waals surface area contributed by atoms with Gasteiger partial charge in [-0.2, -0.15) is 0 Å². The Morgan fingerprint density at radius 3 is 2.62 bits per heavy atom. The summed E-state index contributed by atoms with van der Waals surface area (Å²) < 4.78 is 0. The van der Waals surface area contributed by atoms with Crippen molar-refractivity contribution in [3.63, 3.8) is 0 Å². The number of ketones is 1. The van der Waals surface area contributed by atoms with E-state index < -0.39 is 6.10 Å². The Bertz CT molecular complexity index is 580. The van der Waals surface area contributed by atoms with E-state index in [1.165, 1.54) is 19.3 Å². The third-order valence-corrected chi connectivity index (χ3v) is 8.63. The van der Waals surface area contributed by atoms with Crippen LogP contribution in [0.15, 0.2) is 11.6 Å². The van der Waals surface area contributed by atoms with Gasteiger partial charge in [0, 0.05) is 6.42 Å². The minimum Gasteiger partial charge on any atom is -0.393 e. The summed E-state index contributed by atoms with van der Waals surface area (Å²) in [6.45, 7) is 6.65. The fourth-order valence-corrected chi connectivity index (χ4v) is 7.44. The van der Waals surface area contributed by atoms with Crippen molar-refractivity contribution in [3.8, 4) is 0 Å². The first-order valence-corrected chi connectivity index (χ1v) is 9.88. The molecule has 3 heteroatoms. The Morgan fingerprint density at radius 1 is 1.17 bits per heavy atom. The van der Waals surface area contributed by atoms with Crippen molar-refractivity contribution < 1.29 is 15.0 Å². The van der Waals surface area contributed by atoms with E-state index >= 15 is 0 Å². The maximum atomic E-state index is 11.9. The van der Waals surface area contributed by atoms with Crippen LogP contribution in [0.3, 0.4) is 0 Å². The summed E-state index contributed by atoms with van der Waals surface area (Å²) in [6, 6.07) is 0. The van der Waals surface area contributed by atoms with Gasteiger partial charge in [0.25, 0.3) is 0 Å². The Labute approximate surface area is 145 Å². The van der Waals surface area contributed by atoms with Crippen LogP contribution in [-0.2, 0) is 4.79 Å². The number of rotatable bonds is 1. The quantitative estimate of drug-likeness (QED) is 0.773. The molecular weight excluding hydrogens is 300 g/mol. The van der Waals surface area contributed by atoms with Crippen LogP contribution in [0.4, 0.5) is 0 Å². The fraction of sp³-hybridized carbons (Fsp3) is 0.857. The lowest BCUT2D eigenvalue weighted by Gasteiger charge is -2.59. The summed E-state index contributed by atoms with van der Waals surface area (Å²) >= 11 is 0. The molecular formula is C21H32O3. The molecule has 0 aliphatic heterocycles. The molecule has 0 amide bonds. The third kappa shape index (κ3) is 2.13. The first-order valence-electron chi connectivity index (χ1n) is 9.88. The number of fused-ring (bicyclic) bond motifs is 5. The van der Waals surface area contributed by atoms with E-state index in [4.69, 9.17) is 0 Å². The van der Waals surface area contributed by atoms with Gasteiger partial charge in [-0.25, -0.2) is 0 Å². The summed E-state index contributed by atoms with van der Waals surface area (Å²) in [7, 11) is 0. The SMILES string of the molecule is CC(O)[C@H]1CC[C@H]2[C@@H]3C[C@@H](O)C4=CC(=O)CC[C@]4(C)[C@H]3CC[C@]12C. The maximum Gasteiger partial charge on any atom is 0.155 e. The van der Waals surface area contributed by atoms with Gasteiger partial charge >= 0.3 is 0 Å². The molecule has 3 fully saturated rings. The number of hydrogen-bond acceptors (Lipinski definition) is 3. The monoisotopic (exact) mass is 332 g/mol. The predicted octanol–water partition coefficient (Wildman–Crippen LogP) is 3.49. The Hall–Kier alpha value is -0.670. The average molecular weight is 332 g/mol. The molecule has 4 aliphatic rings. The van der Waals surface area contributed by atoms with E-state index in [1.54, 1.807) is 6.08 Å². The predicted molar refractivity (Wildman–Crippen MR) is 93.3 cm³/mol. The molecule has 0 saturated heterocycles. The standard InChI is InChI=1S/C21H32O3/c1-12(22)15-4-5-16-14-11-19(24)18-10-13(23)6-8-21(18,3)17(14)7-9-20(15,16)2/h10,12,14-17,19,22,24H,4-9,11H2,1-3H3/t12?,14-,15+,16-,17-,19+,20+,21+/m0/s1. The highest BCUT2D eigenvalue weighted by molar-refractivity contribution is 5.91. The van der Waals surface area contributed by atoms with Gasteiger partial charge in [-0.1, -0.05) is 13.8 Å². The lowest BCUT2D eigenvalue weighted by Crippen LogP contribution is -2.54. The normalized spacial score (nSPS) is 52.1. The summed E-state index contributed by atoms with van der Waals surface area (Å²) in [5, 5.41) is 21.1. The summed E-state index contributed by atoms with van der Waals surface area (Å²) in [4.78, 5) is 11.9. The Balaban J connectivity index is 1.70. The molecule has 0 aromatic heterocycles. The summed E-state index contributed by atoms with van der Waals surface area (Å²) in [5.41, 5.74) is 1.24. The lowest BCUT2D eigenvalue weighted by atomic mass is 9.46. The van der Waals surface area contributed by atoms with Crippen LogP contribution in [0, 0.1) is 34.5 Å². The largest absolute Gasteiger partial charge is 0.393 e. The molecule has 2 N–H and O–H groups in total. The van der Waals surface area contributed by atoms with E-state index in [9.17, 15) is 15.0 Å². The number of carbonyl (C=O) groups is 1. The molecule has 4 rings (SSSR count). The fourth-order valence-electron chi connectivity index (χ4n) is 7.44. The van der Waals surface area contributed by atoms with E-state index in [0.29, 0.717) is 30.1 Å². The number of hydrogen-bond donors (Lipinski definition) is 2. The van der Waals surface area contributed by atoms with Gasteiger partial charge in [0.15, 0.2) is 5.78 Å². The maximum absolute atomic E-state index is 11.9. The Kier molecular flexibility index (Phi) is 3.78. The molecule has 4 aliphatic carbocycles. The minimum absolute atomic E-state index is 0.000487. The molecule has 1 unspecified atom stereocenters. The molecule has 3 saturated carbocycles. The van der Waals surface area contributed by atoms with Crippen LogP contribution in [0.5, 0.6) is 0 Å². The van der Waals surface area contributed by atoms with Gasteiger partial charge in [-0.05, 0) is 91.6 Å². The van der Waals surface area contributed by atoms with E-state index in [1.807, 2.05) is 6.92 Å². The molecule has 0 aromatic rings. The zero-order chi connectivity index (χ0) is 17.3. The van der Waals surface area contributed by atoms with Gasteiger partial charge in [-0.3, -0.25) is 4.79 Å². The van der Waals surface area contributed by atoms with Crippen molar-refractivity contribution in [2.75, 3.05) is 0 Å². The highest BCUT2D eigenvalue weighted by atomic mass is 16.3. The number of aliphatic hydroxyl groups is 2. The van der Waals surface area contributed by atoms with Gasteiger partial charge < -0.3 is 10.2 Å². The van der Waals surface area contributed by atoms with Crippen LogP contribution < -0.4 is 0 Å². The molecule has 0 bridgehead atoms. The zero-order valence-electron chi connectivity index (χ0n) is 15.3. The number of aliphatic hydroxyl groups excluding tert-OH is 2. The van der Waals surface area contributed by atoms with Crippen molar-refractivity contribution in [2.45, 2.75) is 77.9 Å². The highest BCUT2D eigenvalue weighted by Gasteiger charge is 2.60. The van der Waals surface area contributed by atoms with Gasteiger partial charge in [-0.15, -0.1) is 0 Å². The second-order valence-electron chi connectivity index (χ2n) is 9.58. The molecule has 134 valence electrons. The van der Waals surface area contributed by atoms with Crippen LogP contribution in [0.25, 0.3) is 0 Å². The van der Waals surface area contributed by atoms with Gasteiger partial charge in [0.2, 0.25) is 0 Å². The number of carbonyl (C=O) groups excluding carboxylic acids is 1. The van der Waals surface area contributed by atoms with Crippen molar-refractivity contribution >= 4 is 5.78 Å². The van der Waals surface area contributed by atoms with Crippen LogP contribution in [0.2, 0.25) is 0 Å². The van der Waals surface area contributed by atoms with E-state index in [0.717, 1.165) is 24.8 Å². The smallest absolute Gasteiger partial charge is 0.155 e. The van der Waals surface area contributed by atoms with Crippen LogP contribution >= 0.6 is 0 Å². The van der Waals surface area contributed by atoms with Crippen molar-refractivity contribution in [2.24, 2.45) is 34.5 Å². The molecule has 8 atom stereocenters. The molecule has 0 heterocycles. The molecule has 0 aromatic carbocycles. The van der Waals surface area contributed by atoms with Gasteiger partial charge in [0.05, 0.1) is 12.2 Å². The molecule has 0 spiro atoms. The second kappa shape index (κ2) is 5.41. The van der Waals surface area contributed by atoms with Crippen molar-refractivity contribution in [1.82, 2.24) is 0 Å². The first kappa shape index (κ1) is 16.8. The van der Waals surface area contributed by atoms with Crippen molar-refractivity contribution in [1.29, 1.82) is 0 Å². The molecule has 3 nitrogen and oxygen atoms in total. The second-order valence-corrected chi connectivity index (χ2v) is 9.58. The third-order valence-electron chi connectivity index (χ3n) is 8.63.